The molecule has 3 rings (SSSR count). The minimum atomic E-state index is -0.258. The van der Waals surface area contributed by atoms with Crippen molar-refractivity contribution in [1.29, 1.82) is 0 Å². The lowest BCUT2D eigenvalue weighted by Gasteiger charge is -2.15. The summed E-state index contributed by atoms with van der Waals surface area (Å²) in [5.41, 5.74) is 0.885. The SMILES string of the molecule is O=C(NCCCN1CCCC1=O)Nc1nc2ccccc2s1. The van der Waals surface area contributed by atoms with Crippen molar-refractivity contribution < 1.29 is 9.59 Å². The van der Waals surface area contributed by atoms with Crippen molar-refractivity contribution >= 4 is 38.6 Å². The zero-order chi connectivity index (χ0) is 15.4. The van der Waals surface area contributed by atoms with E-state index in [1.54, 1.807) is 0 Å². The Morgan fingerprint density at radius 3 is 3.00 bits per heavy atom. The molecular weight excluding hydrogens is 300 g/mol. The molecule has 3 amide bonds. The topological polar surface area (TPSA) is 74.3 Å². The summed E-state index contributed by atoms with van der Waals surface area (Å²) < 4.78 is 1.05. The highest BCUT2D eigenvalue weighted by molar-refractivity contribution is 7.22. The van der Waals surface area contributed by atoms with Gasteiger partial charge in [-0.25, -0.2) is 9.78 Å². The van der Waals surface area contributed by atoms with E-state index in [2.05, 4.69) is 15.6 Å². The van der Waals surface area contributed by atoms with Crippen LogP contribution >= 0.6 is 11.3 Å². The van der Waals surface area contributed by atoms with Crippen molar-refractivity contribution in [1.82, 2.24) is 15.2 Å². The van der Waals surface area contributed by atoms with Crippen LogP contribution in [0.3, 0.4) is 0 Å². The van der Waals surface area contributed by atoms with Crippen LogP contribution < -0.4 is 10.6 Å². The average Bonchev–Trinajstić information content (AvgIpc) is 3.09. The predicted octanol–water partition coefficient (Wildman–Crippen LogP) is 2.43. The highest BCUT2D eigenvalue weighted by Gasteiger charge is 2.19. The van der Waals surface area contributed by atoms with Crippen LogP contribution in [0.25, 0.3) is 10.2 Å². The number of rotatable bonds is 5. The van der Waals surface area contributed by atoms with Crippen LogP contribution in [0.1, 0.15) is 19.3 Å². The number of carbonyl (C=O) groups is 2. The summed E-state index contributed by atoms with van der Waals surface area (Å²) in [5, 5.41) is 6.13. The third-order valence-electron chi connectivity index (χ3n) is 3.58. The molecule has 0 atom stereocenters. The fourth-order valence-electron chi connectivity index (χ4n) is 2.48. The molecule has 6 nitrogen and oxygen atoms in total. The molecule has 0 saturated carbocycles. The van der Waals surface area contributed by atoms with Gasteiger partial charge >= 0.3 is 6.03 Å². The molecule has 1 saturated heterocycles. The van der Waals surface area contributed by atoms with Gasteiger partial charge in [0.25, 0.3) is 0 Å². The number of urea groups is 1. The minimum absolute atomic E-state index is 0.221. The molecule has 1 aliphatic heterocycles. The zero-order valence-corrected chi connectivity index (χ0v) is 13.0. The van der Waals surface area contributed by atoms with Crippen molar-refractivity contribution in [3.05, 3.63) is 24.3 Å². The number of para-hydroxylation sites is 1. The number of likely N-dealkylation sites (tertiary alicyclic amines) is 1. The maximum atomic E-state index is 11.8. The van der Waals surface area contributed by atoms with Gasteiger partial charge in [0.05, 0.1) is 10.2 Å². The fourth-order valence-corrected chi connectivity index (χ4v) is 3.34. The molecule has 2 aromatic rings. The van der Waals surface area contributed by atoms with Crippen molar-refractivity contribution in [3.63, 3.8) is 0 Å². The molecule has 7 heteroatoms. The summed E-state index contributed by atoms with van der Waals surface area (Å²) in [5.74, 6) is 0.221. The van der Waals surface area contributed by atoms with Crippen molar-refractivity contribution in [2.24, 2.45) is 0 Å². The first-order valence-electron chi connectivity index (χ1n) is 7.40. The molecule has 1 aromatic heterocycles. The van der Waals surface area contributed by atoms with Crippen LogP contribution in [0.15, 0.2) is 24.3 Å². The molecule has 1 aromatic carbocycles. The van der Waals surface area contributed by atoms with Gasteiger partial charge in [-0.15, -0.1) is 0 Å². The molecular formula is C15H18N4O2S. The molecule has 1 fully saturated rings. The number of anilines is 1. The second kappa shape index (κ2) is 6.74. The van der Waals surface area contributed by atoms with Gasteiger partial charge in [-0.2, -0.15) is 0 Å². The number of nitrogens with zero attached hydrogens (tertiary/aromatic N) is 2. The lowest BCUT2D eigenvalue weighted by atomic mass is 10.3. The van der Waals surface area contributed by atoms with E-state index in [0.29, 0.717) is 24.6 Å². The van der Waals surface area contributed by atoms with Crippen LogP contribution in [-0.2, 0) is 4.79 Å². The third-order valence-corrected chi connectivity index (χ3v) is 4.53. The van der Waals surface area contributed by atoms with E-state index >= 15 is 0 Å². The van der Waals surface area contributed by atoms with Gasteiger partial charge < -0.3 is 10.2 Å². The van der Waals surface area contributed by atoms with Crippen LogP contribution in [0.4, 0.5) is 9.93 Å². The van der Waals surface area contributed by atoms with Crippen LogP contribution in [-0.4, -0.2) is 41.5 Å². The van der Waals surface area contributed by atoms with Gasteiger partial charge in [-0.3, -0.25) is 10.1 Å². The molecule has 22 heavy (non-hydrogen) atoms. The smallest absolute Gasteiger partial charge is 0.321 e. The van der Waals surface area contributed by atoms with Crippen LogP contribution in [0.2, 0.25) is 0 Å². The number of amides is 3. The lowest BCUT2D eigenvalue weighted by molar-refractivity contribution is -0.127. The number of fused-ring (bicyclic) bond motifs is 1. The van der Waals surface area contributed by atoms with E-state index in [1.807, 2.05) is 29.2 Å². The van der Waals surface area contributed by atoms with Crippen molar-refractivity contribution in [2.45, 2.75) is 19.3 Å². The quantitative estimate of drug-likeness (QED) is 0.832. The first-order valence-corrected chi connectivity index (χ1v) is 8.22. The highest BCUT2D eigenvalue weighted by atomic mass is 32.1. The Morgan fingerprint density at radius 1 is 1.36 bits per heavy atom. The Labute approximate surface area is 132 Å². The Balaban J connectivity index is 1.41. The van der Waals surface area contributed by atoms with Gasteiger partial charge in [0.1, 0.15) is 0 Å². The van der Waals surface area contributed by atoms with E-state index in [4.69, 9.17) is 0 Å². The van der Waals surface area contributed by atoms with Crippen LogP contribution in [0.5, 0.6) is 0 Å². The number of thiazole rings is 1. The summed E-state index contributed by atoms with van der Waals surface area (Å²) in [7, 11) is 0. The van der Waals surface area contributed by atoms with Gasteiger partial charge in [0.15, 0.2) is 5.13 Å². The van der Waals surface area contributed by atoms with Crippen molar-refractivity contribution in [3.8, 4) is 0 Å². The number of nitrogens with one attached hydrogen (secondary N) is 2. The number of hydrogen-bond acceptors (Lipinski definition) is 4. The summed E-state index contributed by atoms with van der Waals surface area (Å²) in [6.07, 6.45) is 2.37. The molecule has 116 valence electrons. The Kier molecular flexibility index (Phi) is 4.53. The molecule has 0 unspecified atom stereocenters. The summed E-state index contributed by atoms with van der Waals surface area (Å²) in [6, 6.07) is 7.51. The summed E-state index contributed by atoms with van der Waals surface area (Å²) in [6.45, 7) is 2.09. The average molecular weight is 318 g/mol. The van der Waals surface area contributed by atoms with Gasteiger partial charge in [0, 0.05) is 26.1 Å². The largest absolute Gasteiger partial charge is 0.343 e. The van der Waals surface area contributed by atoms with Gasteiger partial charge in [0.2, 0.25) is 5.91 Å². The van der Waals surface area contributed by atoms with Gasteiger partial charge in [-0.05, 0) is 25.0 Å². The van der Waals surface area contributed by atoms with E-state index in [0.717, 1.165) is 29.6 Å². The molecule has 0 aliphatic carbocycles. The molecule has 0 spiro atoms. The second-order valence-electron chi connectivity index (χ2n) is 5.21. The monoisotopic (exact) mass is 318 g/mol. The maximum Gasteiger partial charge on any atom is 0.321 e. The fraction of sp³-hybridized carbons (Fsp3) is 0.400. The normalized spacial score (nSPS) is 14.5. The number of aromatic nitrogens is 1. The number of carbonyl (C=O) groups excluding carboxylic acids is 2. The third kappa shape index (κ3) is 3.54. The zero-order valence-electron chi connectivity index (χ0n) is 12.2. The van der Waals surface area contributed by atoms with E-state index in [1.165, 1.54) is 11.3 Å². The predicted molar refractivity (Wildman–Crippen MR) is 87.1 cm³/mol. The van der Waals surface area contributed by atoms with Crippen LogP contribution in [0, 0.1) is 0 Å². The molecule has 0 bridgehead atoms. The van der Waals surface area contributed by atoms with Crippen molar-refractivity contribution in [2.75, 3.05) is 25.0 Å². The Hall–Kier alpha value is -2.15. The van der Waals surface area contributed by atoms with E-state index in [9.17, 15) is 9.59 Å². The molecule has 2 heterocycles. The number of hydrogen-bond donors (Lipinski definition) is 2. The number of benzene rings is 1. The summed E-state index contributed by atoms with van der Waals surface area (Å²) in [4.78, 5) is 29.5. The Bertz CT molecular complexity index is 652. The maximum absolute atomic E-state index is 11.8. The van der Waals surface area contributed by atoms with Gasteiger partial charge in [-0.1, -0.05) is 23.5 Å². The first-order chi connectivity index (χ1) is 10.7. The van der Waals surface area contributed by atoms with E-state index in [-0.39, 0.29) is 11.9 Å². The molecule has 0 radical (unpaired) electrons. The standard InChI is InChI=1S/C15H18N4O2S/c20-13-7-3-9-19(13)10-4-8-16-14(21)18-15-17-11-5-1-2-6-12(11)22-15/h1-2,5-6H,3-4,7-10H2,(H2,16,17,18,21). The molecule has 1 aliphatic rings. The lowest BCUT2D eigenvalue weighted by Crippen LogP contribution is -2.32. The summed E-state index contributed by atoms with van der Waals surface area (Å²) >= 11 is 1.45. The molecule has 2 N–H and O–H groups in total. The first kappa shape index (κ1) is 14.8. The Morgan fingerprint density at radius 2 is 2.23 bits per heavy atom. The second-order valence-corrected chi connectivity index (χ2v) is 6.24. The highest BCUT2D eigenvalue weighted by Crippen LogP contribution is 2.25. The van der Waals surface area contributed by atoms with E-state index < -0.39 is 0 Å². The minimum Gasteiger partial charge on any atom is -0.343 e.